The third-order valence-electron chi connectivity index (χ3n) is 5.65. The molecule has 0 heterocycles. The summed E-state index contributed by atoms with van der Waals surface area (Å²) in [5.41, 5.74) is 0.560. The highest BCUT2D eigenvalue weighted by Crippen LogP contribution is 2.63. The molecule has 1 amide bonds. The van der Waals surface area contributed by atoms with Gasteiger partial charge in [0.15, 0.2) is 0 Å². The number of aliphatic carboxylic acids is 1. The lowest BCUT2D eigenvalue weighted by Crippen LogP contribution is -2.37. The van der Waals surface area contributed by atoms with Crippen LogP contribution in [0.15, 0.2) is 24.3 Å². The molecule has 1 aromatic carbocycles. The molecule has 0 aromatic heterocycles. The molecule has 0 radical (unpaired) electrons. The van der Waals surface area contributed by atoms with E-state index < -0.39 is 17.8 Å². The van der Waals surface area contributed by atoms with Crippen molar-refractivity contribution in [2.75, 3.05) is 5.32 Å². The van der Waals surface area contributed by atoms with Gasteiger partial charge in [0, 0.05) is 10.7 Å². The summed E-state index contributed by atoms with van der Waals surface area (Å²) in [7, 11) is 0. The predicted octanol–water partition coefficient (Wildman–Crippen LogP) is 3.66. The highest BCUT2D eigenvalue weighted by atomic mass is 35.5. The van der Waals surface area contributed by atoms with Gasteiger partial charge in [0.25, 0.3) is 0 Å². The van der Waals surface area contributed by atoms with Gasteiger partial charge in [-0.15, -0.1) is 0 Å². The number of hydrogen-bond acceptors (Lipinski definition) is 2. The Hall–Kier alpha value is -1.55. The molecular formula is C17H20ClNO3. The lowest BCUT2D eigenvalue weighted by molar-refractivity contribution is -0.148. The molecule has 0 unspecified atom stereocenters. The van der Waals surface area contributed by atoms with Gasteiger partial charge in [-0.25, -0.2) is 0 Å². The Morgan fingerprint density at radius 2 is 1.68 bits per heavy atom. The Kier molecular flexibility index (Phi) is 3.68. The fraction of sp³-hybridized carbons (Fsp3) is 0.529. The topological polar surface area (TPSA) is 66.4 Å². The number of carbonyl (C=O) groups is 2. The van der Waals surface area contributed by atoms with Gasteiger partial charge in [0.05, 0.1) is 11.8 Å². The van der Waals surface area contributed by atoms with E-state index in [2.05, 4.69) is 19.2 Å². The van der Waals surface area contributed by atoms with E-state index in [4.69, 9.17) is 11.6 Å². The molecule has 118 valence electrons. The molecule has 4 atom stereocenters. The summed E-state index contributed by atoms with van der Waals surface area (Å²) in [6, 6.07) is 6.87. The number of carbonyl (C=O) groups excluding carboxylic acids is 1. The van der Waals surface area contributed by atoms with Crippen molar-refractivity contribution < 1.29 is 14.7 Å². The van der Waals surface area contributed by atoms with E-state index in [-0.39, 0.29) is 23.2 Å². The van der Waals surface area contributed by atoms with E-state index in [0.29, 0.717) is 10.7 Å². The first-order chi connectivity index (χ1) is 10.3. The van der Waals surface area contributed by atoms with Crippen LogP contribution in [0.4, 0.5) is 5.69 Å². The van der Waals surface area contributed by atoms with Crippen molar-refractivity contribution in [1.29, 1.82) is 0 Å². The molecule has 0 spiro atoms. The first kappa shape index (κ1) is 15.3. The van der Waals surface area contributed by atoms with E-state index in [0.717, 1.165) is 12.8 Å². The largest absolute Gasteiger partial charge is 0.481 e. The van der Waals surface area contributed by atoms with Gasteiger partial charge >= 0.3 is 5.97 Å². The normalized spacial score (nSPS) is 32.0. The molecule has 1 aromatic rings. The van der Waals surface area contributed by atoms with Crippen LogP contribution in [-0.4, -0.2) is 17.0 Å². The molecule has 2 N–H and O–H groups in total. The Bertz CT molecular complexity index is 611. The molecule has 2 aliphatic rings. The zero-order valence-electron chi connectivity index (χ0n) is 12.7. The number of rotatable bonds is 3. The summed E-state index contributed by atoms with van der Waals surface area (Å²) in [4.78, 5) is 24.4. The van der Waals surface area contributed by atoms with Crippen LogP contribution in [0, 0.1) is 29.1 Å². The smallest absolute Gasteiger partial charge is 0.307 e. The minimum absolute atomic E-state index is 0.0796. The molecular weight excluding hydrogens is 302 g/mol. The molecule has 4 nitrogen and oxygen atoms in total. The first-order valence-corrected chi connectivity index (χ1v) is 7.99. The number of fused-ring (bicyclic) bond motifs is 2. The fourth-order valence-electron chi connectivity index (χ4n) is 4.59. The van der Waals surface area contributed by atoms with Crippen LogP contribution >= 0.6 is 11.6 Å². The van der Waals surface area contributed by atoms with Gasteiger partial charge in [-0.2, -0.15) is 0 Å². The second-order valence-corrected chi connectivity index (χ2v) is 7.43. The van der Waals surface area contributed by atoms with E-state index in [1.54, 1.807) is 24.3 Å². The van der Waals surface area contributed by atoms with Gasteiger partial charge in [-0.1, -0.05) is 25.4 Å². The van der Waals surface area contributed by atoms with Crippen molar-refractivity contribution in [3.63, 3.8) is 0 Å². The number of anilines is 1. The average Bonchev–Trinajstić information content (AvgIpc) is 2.87. The number of hydrogen-bond donors (Lipinski definition) is 2. The predicted molar refractivity (Wildman–Crippen MR) is 84.7 cm³/mol. The summed E-state index contributed by atoms with van der Waals surface area (Å²) in [5, 5.41) is 13.0. The number of benzene rings is 1. The Labute approximate surface area is 134 Å². The molecule has 22 heavy (non-hydrogen) atoms. The molecule has 0 aliphatic heterocycles. The Balaban J connectivity index is 1.84. The van der Waals surface area contributed by atoms with Crippen molar-refractivity contribution >= 4 is 29.2 Å². The molecule has 3 rings (SSSR count). The molecule has 2 fully saturated rings. The fourth-order valence-corrected chi connectivity index (χ4v) is 4.72. The van der Waals surface area contributed by atoms with Crippen LogP contribution in [0.5, 0.6) is 0 Å². The molecule has 2 aliphatic carbocycles. The Morgan fingerprint density at radius 3 is 2.23 bits per heavy atom. The number of carboxylic acids is 1. The van der Waals surface area contributed by atoms with Crippen molar-refractivity contribution in [1.82, 2.24) is 0 Å². The third-order valence-corrected chi connectivity index (χ3v) is 5.91. The van der Waals surface area contributed by atoms with Gasteiger partial charge in [-0.3, -0.25) is 9.59 Å². The second kappa shape index (κ2) is 5.27. The minimum atomic E-state index is -0.850. The first-order valence-electron chi connectivity index (χ1n) is 7.61. The SMILES string of the molecule is CC1(C)[C@@H]2CC[C@H]1[C@@H](C(=O)Nc1ccc(Cl)cc1)[C@H]2C(=O)O. The zero-order chi connectivity index (χ0) is 16.1. The maximum Gasteiger partial charge on any atom is 0.307 e. The standard InChI is InChI=1S/C17H20ClNO3/c1-17(2)11-7-8-12(17)14(16(21)22)13(11)15(20)19-10-5-3-9(18)4-6-10/h3-6,11-14H,7-8H2,1-2H3,(H,19,20)(H,21,22)/t11-,12+,13+,14-/m0/s1. The summed E-state index contributed by atoms with van der Waals surface area (Å²) >= 11 is 5.84. The maximum absolute atomic E-state index is 12.7. The van der Waals surface area contributed by atoms with Crippen LogP contribution in [0.2, 0.25) is 5.02 Å². The Morgan fingerprint density at radius 1 is 1.14 bits per heavy atom. The van der Waals surface area contributed by atoms with Crippen LogP contribution in [0.1, 0.15) is 26.7 Å². The van der Waals surface area contributed by atoms with Gasteiger partial charge in [0.2, 0.25) is 5.91 Å². The number of carboxylic acid groups (broad SMARTS) is 1. The van der Waals surface area contributed by atoms with Crippen molar-refractivity contribution in [2.24, 2.45) is 29.1 Å². The lowest BCUT2D eigenvalue weighted by atomic mass is 9.78. The second-order valence-electron chi connectivity index (χ2n) is 7.00. The number of amides is 1. The van der Waals surface area contributed by atoms with Crippen molar-refractivity contribution in [3.8, 4) is 0 Å². The summed E-state index contributed by atoms with van der Waals surface area (Å²) < 4.78 is 0. The zero-order valence-corrected chi connectivity index (χ0v) is 13.4. The summed E-state index contributed by atoms with van der Waals surface area (Å²) in [6.45, 7) is 4.20. The highest BCUT2D eigenvalue weighted by Gasteiger charge is 2.63. The third kappa shape index (κ3) is 2.30. The van der Waals surface area contributed by atoms with Crippen LogP contribution < -0.4 is 5.32 Å². The van der Waals surface area contributed by atoms with Gasteiger partial charge in [0.1, 0.15) is 0 Å². The molecule has 0 saturated heterocycles. The number of nitrogens with one attached hydrogen (secondary N) is 1. The van der Waals surface area contributed by atoms with Crippen molar-refractivity contribution in [3.05, 3.63) is 29.3 Å². The van der Waals surface area contributed by atoms with E-state index in [9.17, 15) is 14.7 Å². The van der Waals surface area contributed by atoms with Crippen molar-refractivity contribution in [2.45, 2.75) is 26.7 Å². The lowest BCUT2D eigenvalue weighted by Gasteiger charge is -2.27. The monoisotopic (exact) mass is 321 g/mol. The minimum Gasteiger partial charge on any atom is -0.481 e. The quantitative estimate of drug-likeness (QED) is 0.892. The number of halogens is 1. The average molecular weight is 322 g/mol. The van der Waals surface area contributed by atoms with Gasteiger partial charge < -0.3 is 10.4 Å². The highest BCUT2D eigenvalue weighted by molar-refractivity contribution is 6.30. The summed E-state index contributed by atoms with van der Waals surface area (Å²) in [5.74, 6) is -1.86. The molecule has 2 bridgehead atoms. The van der Waals surface area contributed by atoms with Crippen LogP contribution in [0.3, 0.4) is 0 Å². The van der Waals surface area contributed by atoms with Crippen LogP contribution in [-0.2, 0) is 9.59 Å². The van der Waals surface area contributed by atoms with Gasteiger partial charge in [-0.05, 0) is 54.4 Å². The van der Waals surface area contributed by atoms with E-state index in [1.807, 2.05) is 0 Å². The molecule has 5 heteroatoms. The van der Waals surface area contributed by atoms with E-state index in [1.165, 1.54) is 0 Å². The van der Waals surface area contributed by atoms with Crippen LogP contribution in [0.25, 0.3) is 0 Å². The van der Waals surface area contributed by atoms with E-state index >= 15 is 0 Å². The maximum atomic E-state index is 12.7. The summed E-state index contributed by atoms with van der Waals surface area (Å²) in [6.07, 6.45) is 1.83. The molecule has 2 saturated carbocycles.